The molecule has 0 saturated carbocycles. The van der Waals surface area contributed by atoms with Crippen molar-refractivity contribution in [2.75, 3.05) is 0 Å². The third-order valence-corrected chi connectivity index (χ3v) is 1.41. The van der Waals surface area contributed by atoms with E-state index in [1.807, 2.05) is 71.9 Å². The molecule has 1 heteroatoms. The van der Waals surface area contributed by atoms with Crippen molar-refractivity contribution in [3.8, 4) is 5.75 Å². The average molecular weight is 262 g/mol. The molecule has 0 N–H and O–H groups in total. The van der Waals surface area contributed by atoms with Crippen LogP contribution in [0.4, 0.5) is 0 Å². The maximum atomic E-state index is 5.39. The quantitative estimate of drug-likeness (QED) is 0.450. The lowest BCUT2D eigenvalue weighted by Gasteiger charge is -2.03. The topological polar surface area (TPSA) is 9.23 Å². The molecule has 1 aromatic rings. The van der Waals surface area contributed by atoms with Gasteiger partial charge in [0.25, 0.3) is 0 Å². The predicted octanol–water partition coefficient (Wildman–Crippen LogP) is 6.40. The highest BCUT2D eigenvalue weighted by Crippen LogP contribution is 2.11. The molecule has 0 atom stereocenters. The van der Waals surface area contributed by atoms with Gasteiger partial charge in [-0.3, -0.25) is 0 Å². The largest absolute Gasteiger partial charge is 0.458 e. The summed E-state index contributed by atoms with van der Waals surface area (Å²) in [5, 5.41) is 0. The summed E-state index contributed by atoms with van der Waals surface area (Å²) >= 11 is 0. The zero-order valence-corrected chi connectivity index (χ0v) is 13.4. The number of allylic oxidation sites excluding steroid dienone is 3. The molecule has 1 aromatic carbocycles. The van der Waals surface area contributed by atoms with Crippen molar-refractivity contribution in [2.24, 2.45) is 0 Å². The van der Waals surface area contributed by atoms with Crippen LogP contribution in [0.2, 0.25) is 0 Å². The SMILES string of the molecule is C=C/C=C\C(=C)Oc1ccccc1.CC.CC.CC. The van der Waals surface area contributed by atoms with Crippen LogP contribution in [-0.2, 0) is 0 Å². The number of rotatable bonds is 4. The zero-order valence-electron chi connectivity index (χ0n) is 13.4. The summed E-state index contributed by atoms with van der Waals surface area (Å²) < 4.78 is 5.39. The first-order valence-corrected chi connectivity index (χ1v) is 7.04. The number of para-hydroxylation sites is 1. The van der Waals surface area contributed by atoms with Crippen molar-refractivity contribution in [2.45, 2.75) is 41.5 Å². The first-order valence-electron chi connectivity index (χ1n) is 7.04. The molecule has 0 amide bonds. The summed E-state index contributed by atoms with van der Waals surface area (Å²) in [6.45, 7) is 19.3. The molecule has 0 aromatic heterocycles. The van der Waals surface area contributed by atoms with E-state index in [-0.39, 0.29) is 0 Å². The highest BCUT2D eigenvalue weighted by atomic mass is 16.5. The van der Waals surface area contributed by atoms with Gasteiger partial charge in [-0.15, -0.1) is 0 Å². The van der Waals surface area contributed by atoms with Gasteiger partial charge in [0, 0.05) is 0 Å². The highest BCUT2D eigenvalue weighted by Gasteiger charge is 1.91. The van der Waals surface area contributed by atoms with E-state index < -0.39 is 0 Å². The highest BCUT2D eigenvalue weighted by molar-refractivity contribution is 5.25. The normalized spacial score (nSPS) is 7.68. The lowest BCUT2D eigenvalue weighted by molar-refractivity contribution is 0.447. The van der Waals surface area contributed by atoms with E-state index in [0.29, 0.717) is 5.76 Å². The number of ether oxygens (including phenoxy) is 1. The van der Waals surface area contributed by atoms with Gasteiger partial charge < -0.3 is 4.74 Å². The minimum Gasteiger partial charge on any atom is -0.458 e. The van der Waals surface area contributed by atoms with Crippen LogP contribution < -0.4 is 4.74 Å². The van der Waals surface area contributed by atoms with Crippen LogP contribution in [0, 0.1) is 0 Å². The Labute approximate surface area is 120 Å². The Hall–Kier alpha value is -1.76. The lowest BCUT2D eigenvalue weighted by atomic mass is 10.3. The summed E-state index contributed by atoms with van der Waals surface area (Å²) in [6.07, 6.45) is 5.23. The minimum absolute atomic E-state index is 0.603. The van der Waals surface area contributed by atoms with Crippen LogP contribution in [0.25, 0.3) is 0 Å². The molecule has 19 heavy (non-hydrogen) atoms. The van der Waals surface area contributed by atoms with E-state index in [4.69, 9.17) is 4.74 Å². The van der Waals surface area contributed by atoms with Crippen molar-refractivity contribution < 1.29 is 4.74 Å². The van der Waals surface area contributed by atoms with Crippen LogP contribution in [0.5, 0.6) is 5.75 Å². The third-order valence-electron chi connectivity index (χ3n) is 1.41. The Bertz CT molecular complexity index is 310. The third kappa shape index (κ3) is 16.2. The molecule has 0 fully saturated rings. The molecule has 0 saturated heterocycles. The van der Waals surface area contributed by atoms with E-state index in [1.54, 1.807) is 18.2 Å². The molecule has 108 valence electrons. The zero-order chi connectivity index (χ0) is 15.5. The van der Waals surface area contributed by atoms with E-state index >= 15 is 0 Å². The molecule has 0 aliphatic carbocycles. The summed E-state index contributed by atoms with van der Waals surface area (Å²) in [4.78, 5) is 0. The van der Waals surface area contributed by atoms with Gasteiger partial charge >= 0.3 is 0 Å². The maximum Gasteiger partial charge on any atom is 0.127 e. The molecule has 0 aliphatic heterocycles. The maximum absolute atomic E-state index is 5.39. The van der Waals surface area contributed by atoms with Crippen LogP contribution in [0.3, 0.4) is 0 Å². The summed E-state index contributed by atoms with van der Waals surface area (Å²) in [7, 11) is 0. The summed E-state index contributed by atoms with van der Waals surface area (Å²) in [5.41, 5.74) is 0. The van der Waals surface area contributed by atoms with Crippen LogP contribution in [-0.4, -0.2) is 0 Å². The second-order valence-electron chi connectivity index (χ2n) is 2.48. The molecule has 0 spiro atoms. The molecule has 1 nitrogen and oxygen atoms in total. The molecule has 0 heterocycles. The van der Waals surface area contributed by atoms with Crippen LogP contribution in [0.15, 0.2) is 67.5 Å². The van der Waals surface area contributed by atoms with Crippen molar-refractivity contribution in [1.82, 2.24) is 0 Å². The summed E-state index contributed by atoms with van der Waals surface area (Å²) in [6, 6.07) is 9.54. The smallest absolute Gasteiger partial charge is 0.127 e. The Morgan fingerprint density at radius 1 is 0.947 bits per heavy atom. The van der Waals surface area contributed by atoms with Crippen molar-refractivity contribution in [3.63, 3.8) is 0 Å². The Morgan fingerprint density at radius 3 is 1.84 bits per heavy atom. The second kappa shape index (κ2) is 21.5. The first-order chi connectivity index (χ1) is 9.33. The van der Waals surface area contributed by atoms with Gasteiger partial charge in [0.15, 0.2) is 0 Å². The van der Waals surface area contributed by atoms with E-state index in [0.717, 1.165) is 5.75 Å². The molecular weight excluding hydrogens is 232 g/mol. The van der Waals surface area contributed by atoms with Crippen molar-refractivity contribution >= 4 is 0 Å². The van der Waals surface area contributed by atoms with Crippen LogP contribution >= 0.6 is 0 Å². The molecule has 0 aliphatic rings. The molecule has 0 radical (unpaired) electrons. The fourth-order valence-electron chi connectivity index (χ4n) is 0.849. The van der Waals surface area contributed by atoms with Gasteiger partial charge in [0.05, 0.1) is 0 Å². The molecule has 0 unspecified atom stereocenters. The van der Waals surface area contributed by atoms with E-state index in [2.05, 4.69) is 13.2 Å². The number of hydrogen-bond acceptors (Lipinski definition) is 1. The predicted molar refractivity (Wildman–Crippen MR) is 89.6 cm³/mol. The van der Waals surface area contributed by atoms with E-state index in [1.165, 1.54) is 0 Å². The van der Waals surface area contributed by atoms with Crippen molar-refractivity contribution in [1.29, 1.82) is 0 Å². The lowest BCUT2D eigenvalue weighted by Crippen LogP contribution is -1.88. The van der Waals surface area contributed by atoms with Gasteiger partial charge in [-0.2, -0.15) is 0 Å². The monoisotopic (exact) mass is 262 g/mol. The Balaban J connectivity index is -0.000000375. The standard InChI is InChI=1S/C12H12O.3C2H6/c1-3-4-8-11(2)13-12-9-6-5-7-10-12;3*1-2/h3-10H,1-2H2;3*1-2H3/b8-4-;;;. The molecule has 1 rings (SSSR count). The van der Waals surface area contributed by atoms with Gasteiger partial charge in [-0.1, -0.05) is 85.1 Å². The minimum atomic E-state index is 0.603. The summed E-state index contributed by atoms with van der Waals surface area (Å²) in [5.74, 6) is 1.40. The Kier molecular flexibility index (Phi) is 25.4. The fraction of sp³-hybridized carbons (Fsp3) is 0.333. The molecular formula is C18H30O. The number of benzene rings is 1. The second-order valence-corrected chi connectivity index (χ2v) is 2.48. The fourth-order valence-corrected chi connectivity index (χ4v) is 0.849. The van der Waals surface area contributed by atoms with Gasteiger partial charge in [-0.05, 0) is 18.2 Å². The van der Waals surface area contributed by atoms with Gasteiger partial charge in [0.1, 0.15) is 11.5 Å². The van der Waals surface area contributed by atoms with Crippen LogP contribution in [0.1, 0.15) is 41.5 Å². The van der Waals surface area contributed by atoms with Gasteiger partial charge in [0.2, 0.25) is 0 Å². The Morgan fingerprint density at radius 2 is 1.42 bits per heavy atom. The average Bonchev–Trinajstić information content (AvgIpc) is 2.52. The first kappa shape index (κ1) is 22.4. The van der Waals surface area contributed by atoms with Gasteiger partial charge in [-0.25, -0.2) is 0 Å². The molecule has 0 bridgehead atoms. The van der Waals surface area contributed by atoms with Crippen molar-refractivity contribution in [3.05, 3.63) is 67.5 Å². The number of hydrogen-bond donors (Lipinski definition) is 0. The van der Waals surface area contributed by atoms with E-state index in [9.17, 15) is 0 Å².